The van der Waals surface area contributed by atoms with Crippen LogP contribution in [0.4, 0.5) is 4.79 Å². The summed E-state index contributed by atoms with van der Waals surface area (Å²) in [6.07, 6.45) is 5.19. The highest BCUT2D eigenvalue weighted by Gasteiger charge is 2.34. The lowest BCUT2D eigenvalue weighted by atomic mass is 9.79. The van der Waals surface area contributed by atoms with Gasteiger partial charge < -0.3 is 19.5 Å². The molecule has 0 saturated heterocycles. The molecule has 10 nitrogen and oxygen atoms in total. The number of carbonyl (C=O) groups is 2. The van der Waals surface area contributed by atoms with Crippen LogP contribution < -0.4 is 4.74 Å². The fourth-order valence-corrected chi connectivity index (χ4v) is 4.83. The first-order valence-electron chi connectivity index (χ1n) is 12.4. The number of aliphatic carboxylic acids is 1. The Morgan fingerprint density at radius 1 is 1.23 bits per heavy atom. The maximum absolute atomic E-state index is 12.4. The van der Waals surface area contributed by atoms with Gasteiger partial charge in [-0.1, -0.05) is 18.6 Å². The third-order valence-electron chi connectivity index (χ3n) is 7.38. The fraction of sp³-hybridized carbons (Fsp3) is 0.640. The molecule has 2 aromatic rings. The van der Waals surface area contributed by atoms with Crippen LogP contribution in [0.2, 0.25) is 0 Å². The Morgan fingerprint density at radius 2 is 2.00 bits per heavy atom. The van der Waals surface area contributed by atoms with Crippen LogP contribution in [0, 0.1) is 24.7 Å². The molecule has 0 aromatic carbocycles. The summed E-state index contributed by atoms with van der Waals surface area (Å²) in [4.78, 5) is 30.3. The van der Waals surface area contributed by atoms with Gasteiger partial charge in [0.25, 0.3) is 0 Å². The summed E-state index contributed by atoms with van der Waals surface area (Å²) in [6.45, 7) is 4.59. The minimum Gasteiger partial charge on any atom is -0.489 e. The summed E-state index contributed by atoms with van der Waals surface area (Å²) < 4.78 is 13.3. The number of carboxylic acids is 1. The number of nitrogens with zero attached hydrogens (tertiary/aromatic N) is 5. The van der Waals surface area contributed by atoms with Crippen molar-refractivity contribution in [3.8, 4) is 17.1 Å². The number of amides is 1. The lowest BCUT2D eigenvalue weighted by molar-refractivity contribution is -0.146. The number of aromatic nitrogens is 4. The predicted molar refractivity (Wildman–Crippen MR) is 128 cm³/mol. The molecule has 2 heterocycles. The normalized spacial score (nSPS) is 22.3. The van der Waals surface area contributed by atoms with Gasteiger partial charge in [0.2, 0.25) is 0 Å². The molecule has 35 heavy (non-hydrogen) atoms. The van der Waals surface area contributed by atoms with Gasteiger partial charge in [-0.3, -0.25) is 4.79 Å². The molecule has 0 radical (unpaired) electrons. The molecule has 1 unspecified atom stereocenters. The van der Waals surface area contributed by atoms with E-state index in [0.29, 0.717) is 47.4 Å². The Morgan fingerprint density at radius 3 is 2.66 bits per heavy atom. The van der Waals surface area contributed by atoms with Crippen molar-refractivity contribution in [1.29, 1.82) is 0 Å². The van der Waals surface area contributed by atoms with Gasteiger partial charge in [0, 0.05) is 20.6 Å². The molecule has 0 spiro atoms. The number of aryl methyl sites for hydroxylation is 2. The van der Waals surface area contributed by atoms with Gasteiger partial charge in [0.1, 0.15) is 23.7 Å². The van der Waals surface area contributed by atoms with Gasteiger partial charge in [-0.2, -0.15) is 0 Å². The molecule has 2 aromatic heterocycles. The average molecular weight is 486 g/mol. The molecule has 4 rings (SSSR count). The van der Waals surface area contributed by atoms with E-state index < -0.39 is 5.97 Å². The molecule has 1 amide bonds. The lowest BCUT2D eigenvalue weighted by Gasteiger charge is -2.32. The lowest BCUT2D eigenvalue weighted by Crippen LogP contribution is -2.34. The van der Waals surface area contributed by atoms with Crippen molar-refractivity contribution in [2.24, 2.45) is 24.8 Å². The second-order valence-electron chi connectivity index (χ2n) is 10.00. The van der Waals surface area contributed by atoms with Gasteiger partial charge in [-0.25, -0.2) is 14.5 Å². The molecule has 0 aliphatic heterocycles. The summed E-state index contributed by atoms with van der Waals surface area (Å²) in [5.74, 6) is 0.199. The molecule has 190 valence electrons. The number of ether oxygens (including phenoxy) is 2. The first-order valence-corrected chi connectivity index (χ1v) is 12.4. The molecular formula is C25H35N5O5. The molecule has 1 N–H and O–H groups in total. The zero-order valence-corrected chi connectivity index (χ0v) is 20.9. The quantitative estimate of drug-likeness (QED) is 0.599. The molecular weight excluding hydrogens is 450 g/mol. The summed E-state index contributed by atoms with van der Waals surface area (Å²) >= 11 is 0. The number of rotatable bonds is 8. The Balaban J connectivity index is 1.41. The summed E-state index contributed by atoms with van der Waals surface area (Å²) in [7, 11) is 3.52. The first-order chi connectivity index (χ1) is 16.7. The van der Waals surface area contributed by atoms with Crippen LogP contribution in [0.15, 0.2) is 12.1 Å². The maximum atomic E-state index is 12.4. The van der Waals surface area contributed by atoms with Crippen LogP contribution in [-0.4, -0.2) is 61.7 Å². The van der Waals surface area contributed by atoms with Crippen molar-refractivity contribution in [3.05, 3.63) is 23.5 Å². The fourth-order valence-electron chi connectivity index (χ4n) is 4.83. The van der Waals surface area contributed by atoms with Crippen LogP contribution in [0.25, 0.3) is 11.4 Å². The first kappa shape index (κ1) is 24.9. The molecule has 2 fully saturated rings. The van der Waals surface area contributed by atoms with E-state index in [2.05, 4.69) is 15.3 Å². The monoisotopic (exact) mass is 485 g/mol. The maximum Gasteiger partial charge on any atom is 0.409 e. The highest BCUT2D eigenvalue weighted by Crippen LogP contribution is 2.34. The van der Waals surface area contributed by atoms with Gasteiger partial charge in [0.15, 0.2) is 0 Å². The largest absolute Gasteiger partial charge is 0.489 e. The zero-order valence-electron chi connectivity index (χ0n) is 20.9. The van der Waals surface area contributed by atoms with Crippen LogP contribution in [-0.2, 0) is 23.2 Å². The predicted octanol–water partition coefficient (Wildman–Crippen LogP) is 3.82. The van der Waals surface area contributed by atoms with Gasteiger partial charge >= 0.3 is 12.1 Å². The average Bonchev–Trinajstić information content (AvgIpc) is 3.17. The highest BCUT2D eigenvalue weighted by atomic mass is 16.6. The number of hydrogen-bond acceptors (Lipinski definition) is 7. The van der Waals surface area contributed by atoms with Crippen molar-refractivity contribution in [2.45, 2.75) is 65.1 Å². The summed E-state index contributed by atoms with van der Waals surface area (Å²) in [5.41, 5.74) is 2.50. The smallest absolute Gasteiger partial charge is 0.409 e. The van der Waals surface area contributed by atoms with Gasteiger partial charge in [0.05, 0.1) is 23.4 Å². The molecule has 0 bridgehead atoms. The third-order valence-corrected chi connectivity index (χ3v) is 7.38. The molecule has 2 saturated carbocycles. The van der Waals surface area contributed by atoms with E-state index in [4.69, 9.17) is 9.47 Å². The standard InChI is InChI=1S/C25H35N5O5/c1-15-8-9-18(12-19(15)24(31)32)35-22-11-10-20(26-16(22)2)23-21(30(4)28-27-23)14-34-25(33)29(3)13-17-6-5-7-17/h10-11,15,17-19H,5-9,12-14H2,1-4H3,(H,31,32)/t15?,18-,19-/m0/s1. The minimum absolute atomic E-state index is 0.0441. The number of pyridine rings is 1. The van der Waals surface area contributed by atoms with Crippen molar-refractivity contribution in [3.63, 3.8) is 0 Å². The number of carboxylic acid groups (broad SMARTS) is 1. The second-order valence-corrected chi connectivity index (χ2v) is 10.00. The van der Waals surface area contributed by atoms with Gasteiger partial charge in [-0.05, 0) is 63.0 Å². The van der Waals surface area contributed by atoms with E-state index in [-0.39, 0.29) is 30.6 Å². The molecule has 2 aliphatic carbocycles. The van der Waals surface area contributed by atoms with E-state index in [1.165, 1.54) is 6.42 Å². The SMILES string of the molecule is Cc1nc(-c2nnn(C)c2COC(=O)N(C)CC2CCC2)ccc1O[C@H]1CCC(C)[C@@H](C(=O)O)C1. The Labute approximate surface area is 205 Å². The molecule has 10 heteroatoms. The van der Waals surface area contributed by atoms with Crippen LogP contribution in [0.1, 0.15) is 56.8 Å². The summed E-state index contributed by atoms with van der Waals surface area (Å²) in [5, 5.41) is 17.8. The van der Waals surface area contributed by atoms with E-state index in [0.717, 1.165) is 25.7 Å². The van der Waals surface area contributed by atoms with Crippen LogP contribution in [0.3, 0.4) is 0 Å². The topological polar surface area (TPSA) is 120 Å². The van der Waals surface area contributed by atoms with Crippen LogP contribution in [0.5, 0.6) is 5.75 Å². The number of carbonyl (C=O) groups excluding carboxylic acids is 1. The molecule has 2 aliphatic rings. The van der Waals surface area contributed by atoms with Crippen molar-refractivity contribution >= 4 is 12.1 Å². The number of hydrogen-bond donors (Lipinski definition) is 1. The second kappa shape index (κ2) is 10.6. The van der Waals surface area contributed by atoms with Crippen molar-refractivity contribution in [1.82, 2.24) is 24.9 Å². The Hall–Kier alpha value is -3.17. The van der Waals surface area contributed by atoms with Crippen molar-refractivity contribution < 1.29 is 24.2 Å². The van der Waals surface area contributed by atoms with Gasteiger partial charge in [-0.15, -0.1) is 5.10 Å². The minimum atomic E-state index is -0.763. The van der Waals surface area contributed by atoms with E-state index in [1.807, 2.05) is 19.9 Å². The van der Waals surface area contributed by atoms with Crippen LogP contribution >= 0.6 is 0 Å². The Kier molecular flexibility index (Phi) is 7.57. The highest BCUT2D eigenvalue weighted by molar-refractivity contribution is 5.70. The van der Waals surface area contributed by atoms with E-state index in [9.17, 15) is 14.7 Å². The zero-order chi connectivity index (χ0) is 25.1. The van der Waals surface area contributed by atoms with E-state index >= 15 is 0 Å². The molecule has 3 atom stereocenters. The third kappa shape index (κ3) is 5.74. The van der Waals surface area contributed by atoms with E-state index in [1.54, 1.807) is 29.7 Å². The van der Waals surface area contributed by atoms with Crippen molar-refractivity contribution in [2.75, 3.05) is 13.6 Å². The Bertz CT molecular complexity index is 1070. The summed E-state index contributed by atoms with van der Waals surface area (Å²) in [6, 6.07) is 3.64.